The second-order valence-electron chi connectivity index (χ2n) is 5.80. The van der Waals surface area contributed by atoms with Crippen LogP contribution in [0.25, 0.3) is 0 Å². The summed E-state index contributed by atoms with van der Waals surface area (Å²) in [6.07, 6.45) is 1.51. The third kappa shape index (κ3) is 6.25. The Labute approximate surface area is 151 Å². The first-order chi connectivity index (χ1) is 11.9. The predicted molar refractivity (Wildman–Crippen MR) is 97.6 cm³/mol. The van der Waals surface area contributed by atoms with Crippen molar-refractivity contribution < 1.29 is 27.9 Å². The molecule has 1 saturated heterocycles. The average molecular weight is 360 g/mol. The number of ether oxygens (including phenoxy) is 2. The number of benzene rings is 1. The minimum absolute atomic E-state index is 0.0608. The highest BCUT2D eigenvalue weighted by atomic mass is 31.2. The van der Waals surface area contributed by atoms with Gasteiger partial charge < -0.3 is 14.0 Å². The summed E-state index contributed by atoms with van der Waals surface area (Å²) in [5.41, 5.74) is 0.198. The van der Waals surface area contributed by atoms with Crippen molar-refractivity contribution in [2.45, 2.75) is 32.2 Å². The van der Waals surface area contributed by atoms with Crippen molar-refractivity contribution in [2.75, 3.05) is 19.6 Å². The smallest absolute Gasteiger partial charge is 0.404 e. The molecule has 0 N–H and O–H groups in total. The molecule has 2 atom stereocenters. The number of hydrogen-bond donors (Lipinski definition) is 0. The van der Waals surface area contributed by atoms with Gasteiger partial charge in [0.25, 0.3) is 0 Å². The van der Waals surface area contributed by atoms with Crippen LogP contribution in [0.15, 0.2) is 24.3 Å². The molecule has 2 unspecified atom stereocenters. The molecule has 0 amide bonds. The molecule has 25 heavy (non-hydrogen) atoms. The SMILES string of the molecule is [B]B([B])CC1COP(=O)(Oc2ccccc2C(=O)OCCCC)CO1. The summed E-state index contributed by atoms with van der Waals surface area (Å²) in [6.45, 7) is 1.85. The topological polar surface area (TPSA) is 71.1 Å². The van der Waals surface area contributed by atoms with Crippen LogP contribution in [-0.4, -0.2) is 53.6 Å². The molecule has 1 aliphatic heterocycles. The highest BCUT2D eigenvalue weighted by Gasteiger charge is 2.35. The zero-order chi connectivity index (χ0) is 18.3. The van der Waals surface area contributed by atoms with E-state index in [-0.39, 0.29) is 30.4 Å². The molecule has 1 fully saturated rings. The van der Waals surface area contributed by atoms with Crippen molar-refractivity contribution in [2.24, 2.45) is 0 Å². The molecule has 10 heteroatoms. The Bertz CT molecular complexity index is 615. The summed E-state index contributed by atoms with van der Waals surface area (Å²) >= 11 is 0. The summed E-state index contributed by atoms with van der Waals surface area (Å²) in [6, 6.07) is 6.44. The van der Waals surface area contributed by atoms with Crippen molar-refractivity contribution in [1.29, 1.82) is 0 Å². The lowest BCUT2D eigenvalue weighted by Crippen LogP contribution is -2.32. The van der Waals surface area contributed by atoms with Gasteiger partial charge in [-0.05, 0) is 18.6 Å². The average Bonchev–Trinajstić information content (AvgIpc) is 2.57. The van der Waals surface area contributed by atoms with Gasteiger partial charge >= 0.3 is 13.6 Å². The molecular formula is C15H20B3O6P. The number of carbonyl (C=O) groups excluding carboxylic acids is 1. The Hall–Kier alpha value is -1.17. The minimum atomic E-state index is -3.53. The first-order valence-electron chi connectivity index (χ1n) is 8.25. The van der Waals surface area contributed by atoms with Crippen molar-refractivity contribution in [3.8, 4) is 5.75 Å². The fraction of sp³-hybridized carbons (Fsp3) is 0.533. The van der Waals surface area contributed by atoms with E-state index in [1.807, 2.05) is 6.92 Å². The zero-order valence-electron chi connectivity index (χ0n) is 14.3. The lowest BCUT2D eigenvalue weighted by molar-refractivity contribution is 0.0138. The molecule has 1 heterocycles. The van der Waals surface area contributed by atoms with Crippen LogP contribution in [0.2, 0.25) is 6.32 Å². The van der Waals surface area contributed by atoms with Gasteiger partial charge in [-0.25, -0.2) is 9.36 Å². The Balaban J connectivity index is 2.00. The first-order valence-corrected chi connectivity index (χ1v) is 9.98. The van der Waals surface area contributed by atoms with Crippen molar-refractivity contribution in [3.63, 3.8) is 0 Å². The van der Waals surface area contributed by atoms with E-state index in [1.54, 1.807) is 24.3 Å². The molecule has 0 saturated carbocycles. The van der Waals surface area contributed by atoms with Crippen LogP contribution < -0.4 is 4.52 Å². The monoisotopic (exact) mass is 360 g/mol. The second-order valence-corrected chi connectivity index (χ2v) is 7.72. The quantitative estimate of drug-likeness (QED) is 0.307. The number of rotatable bonds is 8. The standard InChI is InChI=1S/C15H20B3O6P/c1-2-3-8-21-15(19)13-6-4-5-7-14(13)24-25(20)11-22-12(10-23-25)9-18(16)17/h4-7,12H,2-3,8-11H2,1H3. The van der Waals surface area contributed by atoms with Gasteiger partial charge in [0.15, 0.2) is 6.35 Å². The Kier molecular flexibility index (Phi) is 7.67. The molecule has 4 radical (unpaired) electrons. The van der Waals surface area contributed by atoms with E-state index in [0.717, 1.165) is 12.8 Å². The van der Waals surface area contributed by atoms with Gasteiger partial charge in [-0.3, -0.25) is 4.52 Å². The second kappa shape index (κ2) is 9.51. The highest BCUT2D eigenvalue weighted by Crippen LogP contribution is 2.51. The van der Waals surface area contributed by atoms with Crippen molar-refractivity contribution in [1.82, 2.24) is 0 Å². The highest BCUT2D eigenvalue weighted by molar-refractivity contribution is 7.54. The number of unbranched alkanes of at least 4 members (excludes halogenated alkanes) is 1. The summed E-state index contributed by atoms with van der Waals surface area (Å²) in [5.74, 6) is -0.384. The summed E-state index contributed by atoms with van der Waals surface area (Å²) in [4.78, 5) is 12.2. The van der Waals surface area contributed by atoms with Crippen molar-refractivity contribution in [3.05, 3.63) is 29.8 Å². The Morgan fingerprint density at radius 3 is 2.80 bits per heavy atom. The van der Waals surface area contributed by atoms with Gasteiger partial charge in [-0.15, -0.1) is 0 Å². The number of carbonyl (C=O) groups is 1. The van der Waals surface area contributed by atoms with Crippen LogP contribution in [0.5, 0.6) is 5.75 Å². The largest absolute Gasteiger partial charge is 0.462 e. The number of hydrogen-bond acceptors (Lipinski definition) is 6. The molecule has 130 valence electrons. The van der Waals surface area contributed by atoms with Crippen LogP contribution in [0.3, 0.4) is 0 Å². The van der Waals surface area contributed by atoms with E-state index in [9.17, 15) is 9.36 Å². The van der Waals surface area contributed by atoms with Crippen LogP contribution in [-0.2, 0) is 18.6 Å². The van der Waals surface area contributed by atoms with E-state index < -0.39 is 20.1 Å². The molecule has 1 aromatic carbocycles. The third-order valence-corrected chi connectivity index (χ3v) is 5.02. The molecule has 1 aliphatic rings. The summed E-state index contributed by atoms with van der Waals surface area (Å²) in [7, 11) is 7.49. The molecule has 1 aromatic rings. The van der Waals surface area contributed by atoms with E-state index in [1.165, 1.54) is 0 Å². The van der Waals surface area contributed by atoms with Crippen LogP contribution in [0, 0.1) is 0 Å². The molecular weight excluding hydrogens is 340 g/mol. The molecule has 0 aliphatic carbocycles. The third-order valence-electron chi connectivity index (χ3n) is 3.54. The van der Waals surface area contributed by atoms with Gasteiger partial charge in [-0.2, -0.15) is 0 Å². The fourth-order valence-electron chi connectivity index (χ4n) is 2.22. The van der Waals surface area contributed by atoms with E-state index in [4.69, 9.17) is 34.0 Å². The van der Waals surface area contributed by atoms with Gasteiger partial charge in [0.2, 0.25) is 0 Å². The Morgan fingerprint density at radius 1 is 1.40 bits per heavy atom. The van der Waals surface area contributed by atoms with E-state index >= 15 is 0 Å². The van der Waals surface area contributed by atoms with E-state index in [0.29, 0.717) is 12.9 Å². The number of esters is 1. The lowest BCUT2D eigenvalue weighted by atomic mass is 9.18. The maximum absolute atomic E-state index is 12.7. The fourth-order valence-corrected chi connectivity index (χ4v) is 3.65. The molecule has 6 nitrogen and oxygen atoms in total. The van der Waals surface area contributed by atoms with Crippen LogP contribution in [0.1, 0.15) is 30.1 Å². The Morgan fingerprint density at radius 2 is 2.16 bits per heavy atom. The van der Waals surface area contributed by atoms with Gasteiger partial charge in [0, 0.05) is 22.0 Å². The maximum Gasteiger partial charge on any atom is 0.404 e. The predicted octanol–water partition coefficient (Wildman–Crippen LogP) is 2.41. The van der Waals surface area contributed by atoms with Gasteiger partial charge in [0.05, 0.1) is 19.3 Å². The van der Waals surface area contributed by atoms with Gasteiger partial charge in [0.1, 0.15) is 11.3 Å². The molecule has 0 aromatic heterocycles. The summed E-state index contributed by atoms with van der Waals surface area (Å²) in [5, 5.41) is 0. The van der Waals surface area contributed by atoms with Crippen LogP contribution in [0.4, 0.5) is 0 Å². The molecule has 2 rings (SSSR count). The lowest BCUT2D eigenvalue weighted by Gasteiger charge is -2.30. The maximum atomic E-state index is 12.7. The van der Waals surface area contributed by atoms with Crippen molar-refractivity contribution >= 4 is 35.5 Å². The summed E-state index contributed by atoms with van der Waals surface area (Å²) < 4.78 is 34.2. The van der Waals surface area contributed by atoms with Gasteiger partial charge in [-0.1, -0.05) is 31.8 Å². The van der Waals surface area contributed by atoms with E-state index in [2.05, 4.69) is 0 Å². The molecule has 0 spiro atoms. The molecule has 0 bridgehead atoms. The number of para-hydroxylation sites is 1. The zero-order valence-corrected chi connectivity index (χ0v) is 15.2. The normalized spacial score (nSPS) is 23.0. The first kappa shape index (κ1) is 20.2. The minimum Gasteiger partial charge on any atom is -0.462 e. The van der Waals surface area contributed by atoms with Crippen LogP contribution >= 0.6 is 7.60 Å².